The van der Waals surface area contributed by atoms with E-state index in [0.717, 1.165) is 35.2 Å². The van der Waals surface area contributed by atoms with E-state index >= 15 is 0 Å². The minimum absolute atomic E-state index is 0.0349. The molecule has 3 aromatic rings. The third kappa shape index (κ3) is 4.61. The Kier molecular flexibility index (Phi) is 5.30. The summed E-state index contributed by atoms with van der Waals surface area (Å²) < 4.78 is 3.22. The van der Waals surface area contributed by atoms with Crippen LogP contribution in [0.2, 0.25) is 0 Å². The predicted molar refractivity (Wildman–Crippen MR) is 112 cm³/mol. The molecule has 1 aliphatic rings. The Morgan fingerprint density at radius 3 is 2.48 bits per heavy atom. The highest BCUT2D eigenvalue weighted by Crippen LogP contribution is 2.29. The molecule has 27 heavy (non-hydrogen) atoms. The smallest absolute Gasteiger partial charge is 0.322 e. The fourth-order valence-electron chi connectivity index (χ4n) is 3.18. The van der Waals surface area contributed by atoms with Gasteiger partial charge < -0.3 is 14.8 Å². The maximum Gasteiger partial charge on any atom is 0.322 e. The number of halogens is 1. The number of nitrogens with one attached hydrogen (secondary N) is 1. The lowest BCUT2D eigenvalue weighted by atomic mass is 10.2. The number of hydrogen-bond acceptors (Lipinski definition) is 1. The summed E-state index contributed by atoms with van der Waals surface area (Å²) in [5.74, 6) is 0. The van der Waals surface area contributed by atoms with E-state index in [4.69, 9.17) is 0 Å². The van der Waals surface area contributed by atoms with Gasteiger partial charge in [-0.3, -0.25) is 0 Å². The Bertz CT molecular complexity index is 901. The molecule has 0 saturated heterocycles. The van der Waals surface area contributed by atoms with Crippen molar-refractivity contribution < 1.29 is 4.79 Å². The second-order valence-electron chi connectivity index (χ2n) is 6.91. The van der Waals surface area contributed by atoms with E-state index in [2.05, 4.69) is 68.4 Å². The Hall–Kier alpha value is -2.53. The summed E-state index contributed by atoms with van der Waals surface area (Å²) in [6, 6.07) is 22.5. The maximum atomic E-state index is 12.9. The Labute approximate surface area is 167 Å². The van der Waals surface area contributed by atoms with Crippen LogP contribution in [-0.2, 0) is 13.1 Å². The SMILES string of the molecule is O=C(Nc1ccc(Br)cc1)N(Cc1cccn1Cc1ccccc1)C1CC1. The van der Waals surface area contributed by atoms with E-state index in [1.807, 2.05) is 35.2 Å². The molecule has 138 valence electrons. The third-order valence-electron chi connectivity index (χ3n) is 4.80. The van der Waals surface area contributed by atoms with Crippen LogP contribution in [0.25, 0.3) is 0 Å². The van der Waals surface area contributed by atoms with Gasteiger partial charge in [-0.1, -0.05) is 46.3 Å². The summed E-state index contributed by atoms with van der Waals surface area (Å²) in [4.78, 5) is 14.8. The van der Waals surface area contributed by atoms with Gasteiger partial charge in [-0.2, -0.15) is 0 Å². The molecule has 0 unspecified atom stereocenters. The molecule has 4 nitrogen and oxygen atoms in total. The summed E-state index contributed by atoms with van der Waals surface area (Å²) >= 11 is 3.42. The van der Waals surface area contributed by atoms with Gasteiger partial charge in [0.05, 0.1) is 6.54 Å². The van der Waals surface area contributed by atoms with Crippen LogP contribution in [0.1, 0.15) is 24.1 Å². The van der Waals surface area contributed by atoms with Gasteiger partial charge in [-0.15, -0.1) is 0 Å². The van der Waals surface area contributed by atoms with Gasteiger partial charge in [0.1, 0.15) is 0 Å². The highest BCUT2D eigenvalue weighted by Gasteiger charge is 2.33. The fraction of sp³-hybridized carbons (Fsp3) is 0.227. The molecule has 0 radical (unpaired) electrons. The second kappa shape index (κ2) is 8.01. The zero-order valence-corrected chi connectivity index (χ0v) is 16.6. The lowest BCUT2D eigenvalue weighted by Crippen LogP contribution is -2.36. The van der Waals surface area contributed by atoms with Gasteiger partial charge in [0.25, 0.3) is 0 Å². The number of carbonyl (C=O) groups is 1. The largest absolute Gasteiger partial charge is 0.345 e. The summed E-state index contributed by atoms with van der Waals surface area (Å²) in [6.45, 7) is 1.43. The van der Waals surface area contributed by atoms with Gasteiger partial charge in [0, 0.05) is 34.6 Å². The summed E-state index contributed by atoms with van der Waals surface area (Å²) in [5, 5.41) is 3.03. The molecule has 0 bridgehead atoms. The van der Waals surface area contributed by atoms with Crippen molar-refractivity contribution in [3.05, 3.63) is 88.7 Å². The Morgan fingerprint density at radius 2 is 1.78 bits per heavy atom. The van der Waals surface area contributed by atoms with Crippen LogP contribution in [0.4, 0.5) is 10.5 Å². The van der Waals surface area contributed by atoms with Crippen molar-refractivity contribution in [2.45, 2.75) is 32.0 Å². The zero-order chi connectivity index (χ0) is 18.6. The number of hydrogen-bond donors (Lipinski definition) is 1. The average Bonchev–Trinajstić information content (AvgIpc) is 3.43. The number of amides is 2. The minimum Gasteiger partial charge on any atom is -0.345 e. The van der Waals surface area contributed by atoms with Crippen molar-refractivity contribution >= 4 is 27.6 Å². The number of urea groups is 1. The molecule has 1 heterocycles. The Balaban J connectivity index is 1.47. The average molecular weight is 424 g/mol. The van der Waals surface area contributed by atoms with E-state index in [1.54, 1.807) is 0 Å². The van der Waals surface area contributed by atoms with Crippen molar-refractivity contribution in [3.8, 4) is 0 Å². The third-order valence-corrected chi connectivity index (χ3v) is 5.32. The molecule has 0 atom stereocenters. The molecule has 0 aliphatic heterocycles. The first-order chi connectivity index (χ1) is 13.2. The van der Waals surface area contributed by atoms with E-state index in [9.17, 15) is 4.79 Å². The van der Waals surface area contributed by atoms with Crippen molar-refractivity contribution in [2.24, 2.45) is 0 Å². The van der Waals surface area contributed by atoms with Crippen LogP contribution in [0.5, 0.6) is 0 Å². The second-order valence-corrected chi connectivity index (χ2v) is 7.82. The van der Waals surface area contributed by atoms with Gasteiger partial charge in [-0.25, -0.2) is 4.79 Å². The molecule has 1 aromatic heterocycles. The number of nitrogens with zero attached hydrogens (tertiary/aromatic N) is 2. The van der Waals surface area contributed by atoms with Crippen molar-refractivity contribution in [3.63, 3.8) is 0 Å². The lowest BCUT2D eigenvalue weighted by Gasteiger charge is -2.24. The molecule has 1 saturated carbocycles. The van der Waals surface area contributed by atoms with Crippen LogP contribution in [0, 0.1) is 0 Å². The maximum absolute atomic E-state index is 12.9. The minimum atomic E-state index is -0.0349. The normalized spacial score (nSPS) is 13.4. The molecule has 5 heteroatoms. The van der Waals surface area contributed by atoms with E-state index in [-0.39, 0.29) is 6.03 Å². The highest BCUT2D eigenvalue weighted by atomic mass is 79.9. The number of carbonyl (C=O) groups excluding carboxylic acids is 1. The first-order valence-corrected chi connectivity index (χ1v) is 9.99. The molecule has 2 aromatic carbocycles. The monoisotopic (exact) mass is 423 g/mol. The fourth-order valence-corrected chi connectivity index (χ4v) is 3.45. The molecular formula is C22H22BrN3O. The standard InChI is InChI=1S/C22H22BrN3O/c23-18-8-10-19(11-9-18)24-22(27)26(20-12-13-20)16-21-7-4-14-25(21)15-17-5-2-1-3-6-17/h1-11,14,20H,12-13,15-16H2,(H,24,27). The topological polar surface area (TPSA) is 37.3 Å². The van der Waals surface area contributed by atoms with Gasteiger partial charge in [0.2, 0.25) is 0 Å². The quantitative estimate of drug-likeness (QED) is 0.558. The molecule has 1 aliphatic carbocycles. The molecule has 1 N–H and O–H groups in total. The number of aromatic nitrogens is 1. The Morgan fingerprint density at radius 1 is 1.04 bits per heavy atom. The summed E-state index contributed by atoms with van der Waals surface area (Å²) in [6.07, 6.45) is 4.24. The highest BCUT2D eigenvalue weighted by molar-refractivity contribution is 9.10. The van der Waals surface area contributed by atoms with Crippen LogP contribution < -0.4 is 5.32 Å². The zero-order valence-electron chi connectivity index (χ0n) is 15.0. The number of benzene rings is 2. The predicted octanol–water partition coefficient (Wildman–Crippen LogP) is 5.50. The molecule has 0 spiro atoms. The summed E-state index contributed by atoms with van der Waals surface area (Å²) in [7, 11) is 0. The van der Waals surface area contributed by atoms with Crippen molar-refractivity contribution in [1.29, 1.82) is 0 Å². The van der Waals surface area contributed by atoms with E-state index < -0.39 is 0 Å². The number of anilines is 1. The van der Waals surface area contributed by atoms with E-state index in [1.165, 1.54) is 5.56 Å². The molecule has 2 amide bonds. The van der Waals surface area contributed by atoms with Crippen LogP contribution in [0.15, 0.2) is 77.4 Å². The van der Waals surface area contributed by atoms with Crippen LogP contribution in [0.3, 0.4) is 0 Å². The number of rotatable bonds is 6. The first-order valence-electron chi connectivity index (χ1n) is 9.20. The van der Waals surface area contributed by atoms with E-state index in [0.29, 0.717) is 12.6 Å². The van der Waals surface area contributed by atoms with Gasteiger partial charge in [0.15, 0.2) is 0 Å². The lowest BCUT2D eigenvalue weighted by molar-refractivity contribution is 0.204. The summed E-state index contributed by atoms with van der Waals surface area (Å²) in [5.41, 5.74) is 3.22. The molecular weight excluding hydrogens is 402 g/mol. The van der Waals surface area contributed by atoms with Crippen LogP contribution in [-0.4, -0.2) is 21.5 Å². The van der Waals surface area contributed by atoms with Gasteiger partial charge in [-0.05, 0) is 54.8 Å². The molecule has 1 fully saturated rings. The van der Waals surface area contributed by atoms with Crippen molar-refractivity contribution in [1.82, 2.24) is 9.47 Å². The van der Waals surface area contributed by atoms with Gasteiger partial charge >= 0.3 is 6.03 Å². The van der Waals surface area contributed by atoms with Crippen LogP contribution >= 0.6 is 15.9 Å². The molecule has 4 rings (SSSR count). The van der Waals surface area contributed by atoms with Crippen molar-refractivity contribution in [2.75, 3.05) is 5.32 Å². The first kappa shape index (κ1) is 17.9.